The molecule has 0 bridgehead atoms. The highest BCUT2D eigenvalue weighted by Gasteiger charge is 2.15. The maximum Gasteiger partial charge on any atom is 0.166 e. The summed E-state index contributed by atoms with van der Waals surface area (Å²) in [6.07, 6.45) is 0. The predicted octanol–water partition coefficient (Wildman–Crippen LogP) is 2.72. The smallest absolute Gasteiger partial charge is 0.166 e. The molecule has 0 aliphatic carbocycles. The third-order valence-corrected chi connectivity index (χ3v) is 3.43. The molecule has 0 saturated carbocycles. The topological polar surface area (TPSA) is 69.6 Å². The summed E-state index contributed by atoms with van der Waals surface area (Å²) in [5, 5.41) is 16.6. The van der Waals surface area contributed by atoms with Gasteiger partial charge in [0.05, 0.1) is 10.2 Å². The van der Waals surface area contributed by atoms with Crippen LogP contribution in [-0.4, -0.2) is 25.3 Å². The van der Waals surface area contributed by atoms with Crippen molar-refractivity contribution in [2.45, 2.75) is 0 Å². The Labute approximate surface area is 115 Å². The Bertz CT molecular complexity index is 883. The van der Waals surface area contributed by atoms with E-state index in [1.54, 1.807) is 4.80 Å². The second-order valence-corrected chi connectivity index (χ2v) is 4.87. The van der Waals surface area contributed by atoms with Crippen LogP contribution in [0.25, 0.3) is 27.8 Å². The minimum absolute atomic E-state index is 0.603. The standard InChI is InChI=1S/C12H6BrN5O/c13-8-6-9-11(12-10(8)16-19-17-12)15-18(14-9)7-4-2-1-3-5-7/h1-6H. The normalized spacial score (nSPS) is 11.4. The number of fused-ring (bicyclic) bond motifs is 3. The fourth-order valence-corrected chi connectivity index (χ4v) is 2.43. The van der Waals surface area contributed by atoms with Gasteiger partial charge < -0.3 is 0 Å². The number of rotatable bonds is 1. The van der Waals surface area contributed by atoms with E-state index in [2.05, 4.69) is 36.4 Å². The van der Waals surface area contributed by atoms with E-state index in [0.29, 0.717) is 16.6 Å². The molecular weight excluding hydrogens is 310 g/mol. The number of para-hydroxylation sites is 1. The number of benzene rings is 2. The summed E-state index contributed by atoms with van der Waals surface area (Å²) in [4.78, 5) is 1.57. The number of halogens is 1. The largest absolute Gasteiger partial charge is 0.243 e. The van der Waals surface area contributed by atoms with Gasteiger partial charge in [0, 0.05) is 0 Å². The predicted molar refractivity (Wildman–Crippen MR) is 71.9 cm³/mol. The van der Waals surface area contributed by atoms with Crippen molar-refractivity contribution in [3.63, 3.8) is 0 Å². The number of hydrogen-bond acceptors (Lipinski definition) is 5. The van der Waals surface area contributed by atoms with E-state index in [4.69, 9.17) is 4.63 Å². The van der Waals surface area contributed by atoms with Crippen molar-refractivity contribution in [1.82, 2.24) is 25.3 Å². The quantitative estimate of drug-likeness (QED) is 0.540. The Morgan fingerprint density at radius 3 is 2.58 bits per heavy atom. The van der Waals surface area contributed by atoms with Gasteiger partial charge in [-0.1, -0.05) is 18.2 Å². The van der Waals surface area contributed by atoms with Gasteiger partial charge >= 0.3 is 0 Å². The molecule has 0 spiro atoms. The van der Waals surface area contributed by atoms with Crippen molar-refractivity contribution in [1.29, 1.82) is 0 Å². The minimum Gasteiger partial charge on any atom is -0.243 e. The van der Waals surface area contributed by atoms with Crippen LogP contribution in [0.4, 0.5) is 0 Å². The van der Waals surface area contributed by atoms with E-state index in [1.807, 2.05) is 36.4 Å². The summed E-state index contributed by atoms with van der Waals surface area (Å²) >= 11 is 3.42. The fourth-order valence-electron chi connectivity index (χ4n) is 1.95. The lowest BCUT2D eigenvalue weighted by molar-refractivity contribution is 0.315. The first-order chi connectivity index (χ1) is 9.33. The van der Waals surface area contributed by atoms with Gasteiger partial charge in [0.25, 0.3) is 0 Å². The lowest BCUT2D eigenvalue weighted by Crippen LogP contribution is -1.97. The molecule has 6 nitrogen and oxygen atoms in total. The molecule has 0 aliphatic rings. The van der Waals surface area contributed by atoms with Gasteiger partial charge in [-0.3, -0.25) is 0 Å². The third kappa shape index (κ3) is 1.55. The summed E-state index contributed by atoms with van der Waals surface area (Å²) in [6, 6.07) is 11.6. The second kappa shape index (κ2) is 3.86. The molecule has 0 amide bonds. The molecule has 2 aromatic heterocycles. The molecule has 0 fully saturated rings. The van der Waals surface area contributed by atoms with Gasteiger partial charge in [-0.2, -0.15) is 4.80 Å². The summed E-state index contributed by atoms with van der Waals surface area (Å²) in [5.74, 6) is 0. The number of hydrogen-bond donors (Lipinski definition) is 0. The van der Waals surface area contributed by atoms with Gasteiger partial charge in [-0.15, -0.1) is 10.2 Å². The first-order valence-corrected chi connectivity index (χ1v) is 6.35. The van der Waals surface area contributed by atoms with Gasteiger partial charge in [0.1, 0.15) is 11.0 Å². The highest BCUT2D eigenvalue weighted by molar-refractivity contribution is 9.10. The molecule has 0 atom stereocenters. The van der Waals surface area contributed by atoms with E-state index >= 15 is 0 Å². The Morgan fingerprint density at radius 2 is 1.74 bits per heavy atom. The molecule has 4 aromatic rings. The maximum atomic E-state index is 4.76. The highest BCUT2D eigenvalue weighted by Crippen LogP contribution is 2.27. The maximum absolute atomic E-state index is 4.76. The SMILES string of the molecule is Brc1cc2nn(-c3ccccc3)nc2c2nonc12. The summed E-state index contributed by atoms with van der Waals surface area (Å²) in [7, 11) is 0. The zero-order valence-electron chi connectivity index (χ0n) is 9.49. The van der Waals surface area contributed by atoms with E-state index in [1.165, 1.54) is 0 Å². The second-order valence-electron chi connectivity index (χ2n) is 4.01. The Hall–Kier alpha value is -2.28. The molecule has 7 heteroatoms. The first kappa shape index (κ1) is 10.6. The van der Waals surface area contributed by atoms with E-state index < -0.39 is 0 Å². The molecule has 0 radical (unpaired) electrons. The number of aromatic nitrogens is 5. The fraction of sp³-hybridized carbons (Fsp3) is 0. The van der Waals surface area contributed by atoms with Crippen molar-refractivity contribution < 1.29 is 4.63 Å². The van der Waals surface area contributed by atoms with Crippen LogP contribution in [0.2, 0.25) is 0 Å². The number of nitrogens with zero attached hydrogens (tertiary/aromatic N) is 5. The molecule has 2 aromatic carbocycles. The highest BCUT2D eigenvalue weighted by atomic mass is 79.9. The zero-order valence-corrected chi connectivity index (χ0v) is 11.1. The van der Waals surface area contributed by atoms with Crippen LogP contribution in [0.3, 0.4) is 0 Å². The first-order valence-electron chi connectivity index (χ1n) is 5.56. The molecule has 4 rings (SSSR count). The Balaban J connectivity index is 2.06. The molecule has 19 heavy (non-hydrogen) atoms. The lowest BCUT2D eigenvalue weighted by atomic mass is 10.3. The van der Waals surface area contributed by atoms with Crippen LogP contribution >= 0.6 is 15.9 Å². The van der Waals surface area contributed by atoms with E-state index in [9.17, 15) is 0 Å². The average Bonchev–Trinajstić information content (AvgIpc) is 3.05. The molecule has 2 heterocycles. The van der Waals surface area contributed by atoms with E-state index in [-0.39, 0.29) is 0 Å². The monoisotopic (exact) mass is 315 g/mol. The van der Waals surface area contributed by atoms with Crippen LogP contribution in [0.15, 0.2) is 45.5 Å². The lowest BCUT2D eigenvalue weighted by Gasteiger charge is -1.96. The van der Waals surface area contributed by atoms with Crippen LogP contribution in [-0.2, 0) is 0 Å². The van der Waals surface area contributed by atoms with Crippen LogP contribution < -0.4 is 0 Å². The molecule has 0 N–H and O–H groups in total. The molecular formula is C12H6BrN5O. The van der Waals surface area contributed by atoms with Crippen molar-refractivity contribution in [2.24, 2.45) is 0 Å². The van der Waals surface area contributed by atoms with Crippen molar-refractivity contribution >= 4 is 38.0 Å². The Kier molecular flexibility index (Phi) is 2.16. The third-order valence-electron chi connectivity index (χ3n) is 2.83. The summed E-state index contributed by atoms with van der Waals surface area (Å²) < 4.78 is 5.55. The van der Waals surface area contributed by atoms with Crippen LogP contribution in [0, 0.1) is 0 Å². The average molecular weight is 316 g/mol. The van der Waals surface area contributed by atoms with Crippen molar-refractivity contribution in [2.75, 3.05) is 0 Å². The van der Waals surface area contributed by atoms with Crippen LogP contribution in [0.1, 0.15) is 0 Å². The van der Waals surface area contributed by atoms with Crippen molar-refractivity contribution in [3.8, 4) is 5.69 Å². The van der Waals surface area contributed by atoms with Crippen LogP contribution in [0.5, 0.6) is 0 Å². The van der Waals surface area contributed by atoms with Gasteiger partial charge in [-0.05, 0) is 44.4 Å². The van der Waals surface area contributed by atoms with Gasteiger partial charge in [0.15, 0.2) is 11.0 Å². The van der Waals surface area contributed by atoms with E-state index in [0.717, 1.165) is 15.7 Å². The minimum atomic E-state index is 0.603. The van der Waals surface area contributed by atoms with Gasteiger partial charge in [-0.25, -0.2) is 4.63 Å². The summed E-state index contributed by atoms with van der Waals surface area (Å²) in [6.45, 7) is 0. The molecule has 0 aliphatic heterocycles. The molecule has 0 saturated heterocycles. The van der Waals surface area contributed by atoms with Crippen molar-refractivity contribution in [3.05, 3.63) is 40.9 Å². The summed E-state index contributed by atoms with van der Waals surface area (Å²) in [5.41, 5.74) is 3.54. The molecule has 0 unspecified atom stereocenters. The Morgan fingerprint density at radius 1 is 0.947 bits per heavy atom. The zero-order chi connectivity index (χ0) is 12.8. The van der Waals surface area contributed by atoms with Gasteiger partial charge in [0.2, 0.25) is 0 Å². The molecule has 92 valence electrons.